The first-order chi connectivity index (χ1) is 18.7. The topological polar surface area (TPSA) is 12.9 Å². The maximum atomic E-state index is 4.98. The number of rotatable bonds is 5. The fourth-order valence-electron chi connectivity index (χ4n) is 5.57. The Labute approximate surface area is 238 Å². The van der Waals surface area contributed by atoms with Crippen molar-refractivity contribution in [3.05, 3.63) is 108 Å². The van der Waals surface area contributed by atoms with Crippen molar-refractivity contribution < 1.29 is 0 Å². The van der Waals surface area contributed by atoms with Crippen LogP contribution in [0.2, 0.25) is 17.3 Å². The van der Waals surface area contributed by atoms with E-state index >= 15 is 0 Å². The summed E-state index contributed by atoms with van der Waals surface area (Å²) in [5.74, 6) is 7.78. The van der Waals surface area contributed by atoms with Crippen LogP contribution >= 0.6 is 11.3 Å². The Morgan fingerprint density at radius 3 is 2.08 bits per heavy atom. The van der Waals surface area contributed by atoms with E-state index in [2.05, 4.69) is 129 Å². The minimum atomic E-state index is -1.84. The average molecular weight is 586 g/mol. The molecule has 2 heterocycles. The molecule has 0 atom stereocenters. The number of fused-ring (bicyclic) bond motifs is 2. The van der Waals surface area contributed by atoms with Crippen LogP contribution in [-0.2, 0) is 0 Å². The molecule has 0 spiro atoms. The zero-order valence-electron chi connectivity index (χ0n) is 23.7. The van der Waals surface area contributed by atoms with Crippen molar-refractivity contribution in [3.63, 3.8) is 0 Å². The summed E-state index contributed by atoms with van der Waals surface area (Å²) in [6.45, 7) is 6.84. The number of hydrogen-bond acceptors (Lipinski definition) is 2. The van der Waals surface area contributed by atoms with Crippen LogP contribution in [0.25, 0.3) is 53.7 Å². The normalized spacial score (nSPS) is 12.1. The van der Waals surface area contributed by atoms with Gasteiger partial charge in [0.1, 0.15) is 0 Å². The van der Waals surface area contributed by atoms with E-state index in [1.165, 1.54) is 59.1 Å². The second kappa shape index (κ2) is 10.1. The van der Waals surface area contributed by atoms with Crippen molar-refractivity contribution >= 4 is 49.9 Å². The van der Waals surface area contributed by atoms with Crippen molar-refractivity contribution in [2.75, 3.05) is 0 Å². The SMILES string of the molecule is Cc1c(-c2cc[c]([Ge]([CH3])([CH3])[CH3])cc2)sc2c(-c3cc(C(C)C)c4ccc(-c5ccccc5)cc4c3)nccc12. The van der Waals surface area contributed by atoms with E-state index in [-0.39, 0.29) is 0 Å². The van der Waals surface area contributed by atoms with Gasteiger partial charge in [-0.3, -0.25) is 0 Å². The standard InChI is InChI=1S/C36H35GeNS/c1-23(2)33-22-29(21-28-20-27(14-17-32(28)33)25-10-8-7-9-11-25)34-36-31(18-19-38-34)24(3)35(39-36)26-12-15-30(16-13-26)37(4,5)6/h7-23H,1-6H3. The molecular formula is C36H35GeNS. The second-order valence-electron chi connectivity index (χ2n) is 11.9. The monoisotopic (exact) mass is 587 g/mol. The van der Waals surface area contributed by atoms with Crippen molar-refractivity contribution in [2.45, 2.75) is 44.0 Å². The minimum absolute atomic E-state index is 0.418. The van der Waals surface area contributed by atoms with Gasteiger partial charge in [0.15, 0.2) is 0 Å². The van der Waals surface area contributed by atoms with E-state index in [1.807, 2.05) is 17.5 Å². The van der Waals surface area contributed by atoms with Crippen LogP contribution in [0.1, 0.15) is 30.9 Å². The van der Waals surface area contributed by atoms with Crippen LogP contribution in [0.15, 0.2) is 97.2 Å². The number of pyridine rings is 1. The molecule has 6 aromatic rings. The summed E-state index contributed by atoms with van der Waals surface area (Å²) in [6.07, 6.45) is 1.98. The molecule has 4 aromatic carbocycles. The molecule has 0 radical (unpaired) electrons. The Kier molecular flexibility index (Phi) is 6.73. The van der Waals surface area contributed by atoms with Crippen molar-refractivity contribution in [1.29, 1.82) is 0 Å². The van der Waals surface area contributed by atoms with Crippen molar-refractivity contribution in [3.8, 4) is 32.8 Å². The van der Waals surface area contributed by atoms with Gasteiger partial charge in [0.25, 0.3) is 0 Å². The predicted molar refractivity (Wildman–Crippen MR) is 175 cm³/mol. The van der Waals surface area contributed by atoms with Crippen molar-refractivity contribution in [1.82, 2.24) is 4.98 Å². The molecule has 0 bridgehead atoms. The first kappa shape index (κ1) is 26.0. The van der Waals surface area contributed by atoms with Crippen LogP contribution in [0.3, 0.4) is 0 Å². The third kappa shape index (κ3) is 4.85. The van der Waals surface area contributed by atoms with Gasteiger partial charge in [-0.05, 0) is 11.1 Å². The summed E-state index contributed by atoms with van der Waals surface area (Å²) in [5, 5.41) is 3.91. The van der Waals surface area contributed by atoms with Gasteiger partial charge in [0.2, 0.25) is 0 Å². The molecule has 1 nitrogen and oxygen atoms in total. The number of nitrogens with zero attached hydrogens (tertiary/aromatic N) is 1. The van der Waals surface area contributed by atoms with E-state index < -0.39 is 13.3 Å². The van der Waals surface area contributed by atoms with Gasteiger partial charge in [-0.1, -0.05) is 56.3 Å². The van der Waals surface area contributed by atoms with E-state index in [0.29, 0.717) is 5.92 Å². The molecular weight excluding hydrogens is 551 g/mol. The molecule has 0 aliphatic rings. The second-order valence-corrected chi connectivity index (χ2v) is 23.6. The molecule has 0 saturated carbocycles. The van der Waals surface area contributed by atoms with Crippen LogP contribution < -0.4 is 4.40 Å². The zero-order valence-corrected chi connectivity index (χ0v) is 26.6. The quantitative estimate of drug-likeness (QED) is 0.183. The molecule has 2 aromatic heterocycles. The third-order valence-electron chi connectivity index (χ3n) is 7.85. The first-order valence-electron chi connectivity index (χ1n) is 13.8. The fraction of sp³-hybridized carbons (Fsp3) is 0.194. The van der Waals surface area contributed by atoms with Gasteiger partial charge >= 0.3 is 173 Å². The molecule has 3 heteroatoms. The summed E-state index contributed by atoms with van der Waals surface area (Å²) in [6, 6.07) is 33.8. The summed E-state index contributed by atoms with van der Waals surface area (Å²) >= 11 is 0.0430. The summed E-state index contributed by atoms with van der Waals surface area (Å²) in [7, 11) is 0. The Bertz CT molecular complexity index is 1810. The average Bonchev–Trinajstić information content (AvgIpc) is 3.28. The molecule has 0 fully saturated rings. The fourth-order valence-corrected chi connectivity index (χ4v) is 9.34. The molecule has 0 aliphatic heterocycles. The Morgan fingerprint density at radius 2 is 1.38 bits per heavy atom. The van der Waals surface area contributed by atoms with E-state index in [9.17, 15) is 0 Å². The number of aromatic nitrogens is 1. The van der Waals surface area contributed by atoms with Crippen LogP contribution in [0.5, 0.6) is 0 Å². The molecule has 0 aliphatic carbocycles. The Hall–Kier alpha value is -3.21. The van der Waals surface area contributed by atoms with E-state index in [4.69, 9.17) is 4.98 Å². The van der Waals surface area contributed by atoms with E-state index in [0.717, 1.165) is 5.69 Å². The van der Waals surface area contributed by atoms with Crippen LogP contribution in [0.4, 0.5) is 0 Å². The molecule has 39 heavy (non-hydrogen) atoms. The molecule has 0 unspecified atom stereocenters. The molecule has 0 amide bonds. The number of benzene rings is 4. The molecule has 0 N–H and O–H groups in total. The summed E-state index contributed by atoms with van der Waals surface area (Å²) in [4.78, 5) is 6.33. The van der Waals surface area contributed by atoms with Gasteiger partial charge < -0.3 is 0 Å². The third-order valence-corrected chi connectivity index (χ3v) is 13.6. The maximum absolute atomic E-state index is 4.98. The first-order valence-corrected chi connectivity index (χ1v) is 22.0. The number of thiophene rings is 1. The predicted octanol–water partition coefficient (Wildman–Crippen LogP) is 10.4. The van der Waals surface area contributed by atoms with Gasteiger partial charge in [0.05, 0.1) is 0 Å². The number of aryl methyl sites for hydroxylation is 1. The van der Waals surface area contributed by atoms with Gasteiger partial charge in [-0.15, -0.1) is 0 Å². The van der Waals surface area contributed by atoms with Crippen LogP contribution in [-0.4, -0.2) is 18.3 Å². The molecule has 0 saturated heterocycles. The van der Waals surface area contributed by atoms with Crippen LogP contribution in [0, 0.1) is 6.92 Å². The van der Waals surface area contributed by atoms with Gasteiger partial charge in [0, 0.05) is 0 Å². The number of hydrogen-bond donors (Lipinski definition) is 0. The Morgan fingerprint density at radius 1 is 0.692 bits per heavy atom. The summed E-state index contributed by atoms with van der Waals surface area (Å²) in [5.41, 5.74) is 8.81. The summed E-state index contributed by atoms with van der Waals surface area (Å²) < 4.78 is 2.82. The van der Waals surface area contributed by atoms with E-state index in [1.54, 1.807) is 4.40 Å². The zero-order chi connectivity index (χ0) is 27.3. The van der Waals surface area contributed by atoms with Gasteiger partial charge in [-0.25, -0.2) is 0 Å². The molecule has 6 rings (SSSR count). The van der Waals surface area contributed by atoms with Gasteiger partial charge in [-0.2, -0.15) is 0 Å². The molecule has 194 valence electrons. The van der Waals surface area contributed by atoms with Crippen molar-refractivity contribution in [2.24, 2.45) is 0 Å². The Balaban J connectivity index is 1.52.